The van der Waals surface area contributed by atoms with Crippen LogP contribution in [0.25, 0.3) is 0 Å². The van der Waals surface area contributed by atoms with Crippen molar-refractivity contribution in [1.82, 2.24) is 9.97 Å². The molecule has 0 spiro atoms. The van der Waals surface area contributed by atoms with Crippen molar-refractivity contribution in [1.29, 1.82) is 5.26 Å². The lowest BCUT2D eigenvalue weighted by Gasteiger charge is -2.40. The van der Waals surface area contributed by atoms with E-state index in [9.17, 15) is 8.78 Å². The number of nitrogens with zero attached hydrogens (tertiary/aromatic N) is 4. The van der Waals surface area contributed by atoms with Gasteiger partial charge in [-0.2, -0.15) is 14.0 Å². The van der Waals surface area contributed by atoms with E-state index in [1.54, 1.807) is 0 Å². The number of hydrogen-bond donors (Lipinski definition) is 0. The number of halogens is 2. The van der Waals surface area contributed by atoms with Gasteiger partial charge in [-0.05, 0) is 12.8 Å². The van der Waals surface area contributed by atoms with Crippen LogP contribution in [0.15, 0.2) is 12.4 Å². The maximum Gasteiger partial charge on any atom is 0.345 e. The Kier molecular flexibility index (Phi) is 3.67. The Hall–Kier alpha value is -1.81. The van der Waals surface area contributed by atoms with Gasteiger partial charge in [0, 0.05) is 13.1 Å². The van der Waals surface area contributed by atoms with Crippen molar-refractivity contribution in [2.45, 2.75) is 31.6 Å². The molecule has 1 saturated carbocycles. The molecular weight excluding hydrogens is 242 g/mol. The lowest BCUT2D eigenvalue weighted by molar-refractivity contribution is -0.183. The van der Waals surface area contributed by atoms with Crippen molar-refractivity contribution in [2.24, 2.45) is 0 Å². The Morgan fingerprint density at radius 3 is 2.67 bits per heavy atom. The fraction of sp³-hybridized carbons (Fsp3) is 0.545. The number of hydrogen-bond acceptors (Lipinski definition) is 5. The van der Waals surface area contributed by atoms with Crippen molar-refractivity contribution in [3.05, 3.63) is 18.1 Å². The summed E-state index contributed by atoms with van der Waals surface area (Å²) in [5.74, 6) is 0.620. The van der Waals surface area contributed by atoms with Crippen LogP contribution in [0.3, 0.4) is 0 Å². The van der Waals surface area contributed by atoms with Crippen molar-refractivity contribution < 1.29 is 13.5 Å². The highest BCUT2D eigenvalue weighted by atomic mass is 19.3. The van der Waals surface area contributed by atoms with Crippen LogP contribution in [0.5, 0.6) is 0 Å². The van der Waals surface area contributed by atoms with E-state index >= 15 is 0 Å². The molecule has 0 N–H and O–H groups in total. The number of anilines is 1. The van der Waals surface area contributed by atoms with Gasteiger partial charge in [-0.3, -0.25) is 0 Å². The molecule has 0 aromatic carbocycles. The lowest BCUT2D eigenvalue weighted by atomic mass is 9.88. The summed E-state index contributed by atoms with van der Waals surface area (Å²) in [6.45, 7) is -2.71. The van der Waals surface area contributed by atoms with Gasteiger partial charge in [-0.15, -0.1) is 0 Å². The third-order valence-corrected chi connectivity index (χ3v) is 3.03. The molecule has 1 aromatic heterocycles. The van der Waals surface area contributed by atoms with Gasteiger partial charge in [0.25, 0.3) is 0 Å². The summed E-state index contributed by atoms with van der Waals surface area (Å²) in [5, 5.41) is 8.60. The molecule has 0 radical (unpaired) electrons. The highest BCUT2D eigenvalue weighted by Crippen LogP contribution is 2.30. The molecule has 0 aliphatic heterocycles. The summed E-state index contributed by atoms with van der Waals surface area (Å²) in [6.07, 6.45) is 3.59. The first kappa shape index (κ1) is 12.6. The summed E-state index contributed by atoms with van der Waals surface area (Å²) < 4.78 is 28.3. The Morgan fingerprint density at radius 2 is 2.17 bits per heavy atom. The largest absolute Gasteiger partial charge is 0.355 e. The van der Waals surface area contributed by atoms with Crippen LogP contribution < -0.4 is 4.90 Å². The average Bonchev–Trinajstić information content (AvgIpc) is 2.32. The van der Waals surface area contributed by atoms with Crippen molar-refractivity contribution in [3.8, 4) is 6.07 Å². The molecule has 96 valence electrons. The molecule has 7 heteroatoms. The molecule has 1 aromatic rings. The van der Waals surface area contributed by atoms with Crippen LogP contribution in [0.2, 0.25) is 0 Å². The van der Waals surface area contributed by atoms with Crippen molar-refractivity contribution in [3.63, 3.8) is 0 Å². The number of ether oxygens (including phenoxy) is 1. The Balaban J connectivity index is 1.89. The van der Waals surface area contributed by atoms with Gasteiger partial charge >= 0.3 is 6.61 Å². The molecule has 5 nitrogen and oxygen atoms in total. The molecular formula is C11H12F2N4O. The fourth-order valence-electron chi connectivity index (χ4n) is 1.86. The molecule has 0 bridgehead atoms. The summed E-state index contributed by atoms with van der Waals surface area (Å²) in [5.41, 5.74) is 0.250. The second-order valence-electron chi connectivity index (χ2n) is 4.13. The van der Waals surface area contributed by atoms with Gasteiger partial charge in [-0.1, -0.05) is 0 Å². The maximum atomic E-state index is 12.0. The Labute approximate surface area is 103 Å². The van der Waals surface area contributed by atoms with E-state index in [0.29, 0.717) is 18.7 Å². The van der Waals surface area contributed by atoms with Crippen LogP contribution in [0.4, 0.5) is 14.6 Å². The smallest absolute Gasteiger partial charge is 0.345 e. The third kappa shape index (κ3) is 2.71. The minimum Gasteiger partial charge on any atom is -0.355 e. The van der Waals surface area contributed by atoms with E-state index in [2.05, 4.69) is 14.7 Å². The van der Waals surface area contributed by atoms with Crippen LogP contribution in [-0.2, 0) is 4.74 Å². The highest BCUT2D eigenvalue weighted by Gasteiger charge is 2.35. The van der Waals surface area contributed by atoms with Gasteiger partial charge in [0.2, 0.25) is 0 Å². The lowest BCUT2D eigenvalue weighted by Crippen LogP contribution is -2.47. The molecule has 18 heavy (non-hydrogen) atoms. The monoisotopic (exact) mass is 254 g/mol. The van der Waals surface area contributed by atoms with E-state index < -0.39 is 6.61 Å². The van der Waals surface area contributed by atoms with Crippen molar-refractivity contribution >= 4 is 5.82 Å². The topological polar surface area (TPSA) is 62.0 Å². The average molecular weight is 254 g/mol. The third-order valence-electron chi connectivity index (χ3n) is 3.03. The zero-order valence-corrected chi connectivity index (χ0v) is 9.75. The van der Waals surface area contributed by atoms with Gasteiger partial charge in [-0.25, -0.2) is 9.97 Å². The second-order valence-corrected chi connectivity index (χ2v) is 4.13. The van der Waals surface area contributed by atoms with E-state index in [-0.39, 0.29) is 17.8 Å². The minimum absolute atomic E-state index is 0.121. The molecule has 2 rings (SSSR count). The number of rotatable bonds is 4. The predicted octanol–water partition coefficient (Wildman–Crippen LogP) is 1.55. The van der Waals surface area contributed by atoms with Gasteiger partial charge in [0.15, 0.2) is 5.69 Å². The molecule has 0 saturated heterocycles. The highest BCUT2D eigenvalue weighted by molar-refractivity contribution is 5.38. The first-order valence-electron chi connectivity index (χ1n) is 5.48. The van der Waals surface area contributed by atoms with Gasteiger partial charge in [0.05, 0.1) is 18.5 Å². The standard InChI is InChI=1S/C11H12F2N4O/c1-17(8-2-9(3-8)18-11(12)13)10-6-15-7(4-14)5-16-10/h5-6,8-9,11H,2-3H2,1H3. The van der Waals surface area contributed by atoms with Crippen LogP contribution >= 0.6 is 0 Å². The molecule has 0 amide bonds. The van der Waals surface area contributed by atoms with E-state index in [1.165, 1.54) is 12.4 Å². The number of aromatic nitrogens is 2. The van der Waals surface area contributed by atoms with Crippen LogP contribution in [0, 0.1) is 11.3 Å². The van der Waals surface area contributed by atoms with E-state index in [4.69, 9.17) is 5.26 Å². The molecule has 0 atom stereocenters. The normalized spacial score (nSPS) is 22.4. The number of nitriles is 1. The van der Waals surface area contributed by atoms with Crippen molar-refractivity contribution in [2.75, 3.05) is 11.9 Å². The summed E-state index contributed by atoms with van der Waals surface area (Å²) in [7, 11) is 1.82. The summed E-state index contributed by atoms with van der Waals surface area (Å²) in [4.78, 5) is 9.86. The second kappa shape index (κ2) is 5.23. The predicted molar refractivity (Wildman–Crippen MR) is 59.0 cm³/mol. The quantitative estimate of drug-likeness (QED) is 0.815. The van der Waals surface area contributed by atoms with Crippen LogP contribution in [0.1, 0.15) is 18.5 Å². The van der Waals surface area contributed by atoms with E-state index in [0.717, 1.165) is 0 Å². The Bertz CT molecular complexity index is 439. The SMILES string of the molecule is CN(c1cnc(C#N)cn1)C1CC(OC(F)F)C1. The van der Waals surface area contributed by atoms with Gasteiger partial charge in [0.1, 0.15) is 11.9 Å². The fourth-order valence-corrected chi connectivity index (χ4v) is 1.86. The zero-order valence-electron chi connectivity index (χ0n) is 9.75. The molecule has 1 heterocycles. The van der Waals surface area contributed by atoms with Crippen LogP contribution in [-0.4, -0.2) is 35.8 Å². The molecule has 1 aliphatic rings. The number of alkyl halides is 2. The minimum atomic E-state index is -2.71. The molecule has 1 fully saturated rings. The van der Waals surface area contributed by atoms with Gasteiger partial charge < -0.3 is 9.64 Å². The Morgan fingerprint density at radius 1 is 1.44 bits per heavy atom. The summed E-state index contributed by atoms with van der Waals surface area (Å²) in [6, 6.07) is 2.00. The summed E-state index contributed by atoms with van der Waals surface area (Å²) >= 11 is 0. The maximum absolute atomic E-state index is 12.0. The zero-order chi connectivity index (χ0) is 13.1. The first-order valence-corrected chi connectivity index (χ1v) is 5.48. The first-order chi connectivity index (χ1) is 8.60. The van der Waals surface area contributed by atoms with E-state index in [1.807, 2.05) is 18.0 Å². The molecule has 0 unspecified atom stereocenters. The molecule has 1 aliphatic carbocycles.